The number of piperidine rings is 2. The summed E-state index contributed by atoms with van der Waals surface area (Å²) in [4.78, 5) is 45.3. The molecular weight excluding hydrogens is 460 g/mol. The zero-order valence-electron chi connectivity index (χ0n) is 20.1. The molecule has 36 heavy (non-hydrogen) atoms. The maximum absolute atomic E-state index is 13.0. The number of nitrogens with one attached hydrogen (secondary N) is 1. The lowest BCUT2D eigenvalue weighted by atomic mass is 9.88. The molecule has 1 unspecified atom stereocenters. The molecule has 1 atom stereocenters. The number of aromatic hydroxyl groups is 1. The molecule has 2 fully saturated rings. The third-order valence-electron chi connectivity index (χ3n) is 7.58. The van der Waals surface area contributed by atoms with Crippen molar-refractivity contribution >= 4 is 23.4 Å². The van der Waals surface area contributed by atoms with E-state index >= 15 is 0 Å². The van der Waals surface area contributed by atoms with E-state index < -0.39 is 6.04 Å². The number of aromatic nitrogens is 3. The third-order valence-corrected chi connectivity index (χ3v) is 7.58. The number of fused-ring (bicyclic) bond motifs is 2. The summed E-state index contributed by atoms with van der Waals surface area (Å²) >= 11 is 0. The standard InChI is InChI=1S/C26H28N6O4/c1-15-10-22-27-19(12-24(34)32(22)29-15)14-30-8-6-16(7-9-30)17-2-3-20-18(11-17)13-31(26(20)36)21-4-5-23(33)28-25(21)35/h2-3,10-12,16,21,34H,4-9,13-14H2,1H3,(H,28,33,35). The van der Waals surface area contributed by atoms with E-state index in [1.807, 2.05) is 25.1 Å². The Labute approximate surface area is 207 Å². The largest absolute Gasteiger partial charge is 0.493 e. The Hall–Kier alpha value is -3.79. The van der Waals surface area contributed by atoms with Crippen LogP contribution < -0.4 is 5.32 Å². The fourth-order valence-electron chi connectivity index (χ4n) is 5.71. The van der Waals surface area contributed by atoms with Gasteiger partial charge in [0.15, 0.2) is 5.65 Å². The third kappa shape index (κ3) is 4.01. The minimum absolute atomic E-state index is 0.0945. The molecular formula is C26H28N6O4. The Kier molecular flexibility index (Phi) is 5.48. The second-order valence-corrected chi connectivity index (χ2v) is 10.0. The maximum atomic E-state index is 13.0. The van der Waals surface area contributed by atoms with Crippen LogP contribution in [-0.4, -0.2) is 66.4 Å². The molecule has 3 aliphatic rings. The van der Waals surface area contributed by atoms with Gasteiger partial charge in [-0.25, -0.2) is 4.98 Å². The zero-order chi connectivity index (χ0) is 25.0. The Bertz CT molecular complexity index is 1390. The van der Waals surface area contributed by atoms with Gasteiger partial charge in [-0.1, -0.05) is 12.1 Å². The van der Waals surface area contributed by atoms with Crippen LogP contribution in [-0.2, 0) is 22.7 Å². The van der Waals surface area contributed by atoms with E-state index in [9.17, 15) is 19.5 Å². The van der Waals surface area contributed by atoms with Crippen LogP contribution in [0.25, 0.3) is 5.65 Å². The molecule has 0 saturated carbocycles. The van der Waals surface area contributed by atoms with E-state index in [1.165, 1.54) is 10.1 Å². The highest BCUT2D eigenvalue weighted by atomic mass is 16.3. The number of rotatable bonds is 4. The first-order chi connectivity index (χ1) is 17.4. The Morgan fingerprint density at radius 3 is 2.67 bits per heavy atom. The number of hydrogen-bond acceptors (Lipinski definition) is 7. The van der Waals surface area contributed by atoms with Crippen LogP contribution in [0.15, 0.2) is 30.3 Å². The van der Waals surface area contributed by atoms with Gasteiger partial charge < -0.3 is 10.0 Å². The summed E-state index contributed by atoms with van der Waals surface area (Å²) in [5, 5.41) is 16.9. The van der Waals surface area contributed by atoms with Crippen molar-refractivity contribution in [3.05, 3.63) is 58.4 Å². The summed E-state index contributed by atoms with van der Waals surface area (Å²) in [6.45, 7) is 4.77. The van der Waals surface area contributed by atoms with Gasteiger partial charge in [-0.05, 0) is 62.4 Å². The summed E-state index contributed by atoms with van der Waals surface area (Å²) in [6, 6.07) is 9.00. The molecule has 0 bridgehead atoms. The molecule has 2 saturated heterocycles. The summed E-state index contributed by atoms with van der Waals surface area (Å²) < 4.78 is 1.45. The van der Waals surface area contributed by atoms with Gasteiger partial charge in [0.2, 0.25) is 17.7 Å². The van der Waals surface area contributed by atoms with Crippen molar-refractivity contribution in [2.75, 3.05) is 13.1 Å². The SMILES string of the molecule is Cc1cc2nc(CN3CCC(c4ccc5c(c4)CN(C4CCC(=O)NC4=O)C5=O)CC3)cc(O)n2n1. The lowest BCUT2D eigenvalue weighted by Crippen LogP contribution is -2.52. The summed E-state index contributed by atoms with van der Waals surface area (Å²) in [5.74, 6) is -0.309. The first kappa shape index (κ1) is 22.7. The first-order valence-corrected chi connectivity index (χ1v) is 12.4. The molecule has 0 aliphatic carbocycles. The van der Waals surface area contributed by atoms with Crippen LogP contribution >= 0.6 is 0 Å². The number of likely N-dealkylation sites (tertiary alicyclic amines) is 1. The first-order valence-electron chi connectivity index (χ1n) is 12.4. The molecule has 10 heteroatoms. The monoisotopic (exact) mass is 488 g/mol. The molecule has 1 aromatic carbocycles. The van der Waals surface area contributed by atoms with Crippen LogP contribution in [0, 0.1) is 6.92 Å². The lowest BCUT2D eigenvalue weighted by Gasteiger charge is -2.32. The highest BCUT2D eigenvalue weighted by Crippen LogP contribution is 2.34. The number of imide groups is 1. The summed E-state index contributed by atoms with van der Waals surface area (Å²) in [6.07, 6.45) is 2.61. The van der Waals surface area contributed by atoms with E-state index in [2.05, 4.69) is 26.4 Å². The zero-order valence-corrected chi connectivity index (χ0v) is 20.1. The topological polar surface area (TPSA) is 120 Å². The van der Waals surface area contributed by atoms with Crippen molar-refractivity contribution in [1.82, 2.24) is 29.7 Å². The van der Waals surface area contributed by atoms with Gasteiger partial charge in [-0.2, -0.15) is 9.61 Å². The Morgan fingerprint density at radius 2 is 1.89 bits per heavy atom. The van der Waals surface area contributed by atoms with Gasteiger partial charge in [-0.15, -0.1) is 0 Å². The number of amides is 3. The Morgan fingerprint density at radius 1 is 1.08 bits per heavy atom. The van der Waals surface area contributed by atoms with Gasteiger partial charge in [-0.3, -0.25) is 24.6 Å². The quantitative estimate of drug-likeness (QED) is 0.538. The second-order valence-electron chi connectivity index (χ2n) is 10.0. The smallest absolute Gasteiger partial charge is 0.255 e. The van der Waals surface area contributed by atoms with Crippen LogP contribution in [0.2, 0.25) is 0 Å². The molecule has 0 radical (unpaired) electrons. The van der Waals surface area contributed by atoms with E-state index in [0.717, 1.165) is 42.9 Å². The van der Waals surface area contributed by atoms with Crippen molar-refractivity contribution in [1.29, 1.82) is 0 Å². The van der Waals surface area contributed by atoms with Crippen molar-refractivity contribution < 1.29 is 19.5 Å². The predicted octanol–water partition coefficient (Wildman–Crippen LogP) is 1.88. The second kappa shape index (κ2) is 8.70. The number of carbonyl (C=O) groups excluding carboxylic acids is 3. The van der Waals surface area contributed by atoms with Gasteiger partial charge in [0, 0.05) is 37.2 Å². The van der Waals surface area contributed by atoms with Gasteiger partial charge in [0.1, 0.15) is 6.04 Å². The highest BCUT2D eigenvalue weighted by molar-refractivity contribution is 6.05. The van der Waals surface area contributed by atoms with Gasteiger partial charge in [0.05, 0.1) is 11.4 Å². The van der Waals surface area contributed by atoms with E-state index in [-0.39, 0.29) is 30.0 Å². The van der Waals surface area contributed by atoms with Crippen LogP contribution in [0.1, 0.15) is 64.5 Å². The van der Waals surface area contributed by atoms with Gasteiger partial charge >= 0.3 is 0 Å². The van der Waals surface area contributed by atoms with Crippen molar-refractivity contribution in [2.24, 2.45) is 0 Å². The van der Waals surface area contributed by atoms with E-state index in [4.69, 9.17) is 0 Å². The number of aryl methyl sites for hydroxylation is 1. The van der Waals surface area contributed by atoms with Crippen molar-refractivity contribution in [3.8, 4) is 5.88 Å². The van der Waals surface area contributed by atoms with Gasteiger partial charge in [0.25, 0.3) is 5.91 Å². The normalized spacial score (nSPS) is 21.3. The minimum atomic E-state index is -0.590. The molecule has 2 aromatic heterocycles. The fraction of sp³-hybridized carbons (Fsp3) is 0.423. The highest BCUT2D eigenvalue weighted by Gasteiger charge is 2.39. The molecule has 3 aromatic rings. The van der Waals surface area contributed by atoms with Crippen molar-refractivity contribution in [3.63, 3.8) is 0 Å². The molecule has 186 valence electrons. The Balaban J connectivity index is 1.10. The number of nitrogens with zero attached hydrogens (tertiary/aromatic N) is 5. The summed E-state index contributed by atoms with van der Waals surface area (Å²) in [7, 11) is 0. The average Bonchev–Trinajstić information content (AvgIpc) is 3.39. The molecule has 3 amide bonds. The lowest BCUT2D eigenvalue weighted by molar-refractivity contribution is -0.136. The fourth-order valence-corrected chi connectivity index (χ4v) is 5.71. The summed E-state index contributed by atoms with van der Waals surface area (Å²) in [5.41, 5.74) is 5.11. The molecule has 5 heterocycles. The number of hydrogen-bond donors (Lipinski definition) is 2. The van der Waals surface area contributed by atoms with Crippen LogP contribution in [0.3, 0.4) is 0 Å². The van der Waals surface area contributed by atoms with Crippen molar-refractivity contribution in [2.45, 2.75) is 57.7 Å². The molecule has 3 aliphatic heterocycles. The molecule has 6 rings (SSSR count). The van der Waals surface area contributed by atoms with E-state index in [0.29, 0.717) is 36.6 Å². The van der Waals surface area contributed by atoms with E-state index in [1.54, 1.807) is 11.0 Å². The predicted molar refractivity (Wildman–Crippen MR) is 129 cm³/mol. The van der Waals surface area contributed by atoms with Crippen LogP contribution in [0.4, 0.5) is 0 Å². The minimum Gasteiger partial charge on any atom is -0.493 e. The number of benzene rings is 1. The molecule has 10 nitrogen and oxygen atoms in total. The number of carbonyl (C=O) groups is 3. The van der Waals surface area contributed by atoms with Crippen LogP contribution in [0.5, 0.6) is 5.88 Å². The average molecular weight is 489 g/mol. The maximum Gasteiger partial charge on any atom is 0.255 e. The molecule has 2 N–H and O–H groups in total. The molecule has 0 spiro atoms.